The lowest BCUT2D eigenvalue weighted by Gasteiger charge is -2.30. The van der Waals surface area contributed by atoms with Crippen molar-refractivity contribution >= 4 is 33.0 Å². The van der Waals surface area contributed by atoms with E-state index in [0.717, 1.165) is 38.0 Å². The van der Waals surface area contributed by atoms with Crippen LogP contribution in [0.25, 0.3) is 16.9 Å². The Bertz CT molecular complexity index is 1950. The maximum atomic E-state index is 14.0. The Balaban J connectivity index is 1.38. The molecule has 1 aliphatic rings. The molecule has 1 aliphatic heterocycles. The number of para-hydroxylation sites is 3. The summed E-state index contributed by atoms with van der Waals surface area (Å²) in [5.74, 6) is 0.589. The van der Waals surface area contributed by atoms with Crippen LogP contribution in [-0.2, 0) is 10.0 Å². The van der Waals surface area contributed by atoms with Gasteiger partial charge in [-0.05, 0) is 73.9 Å². The Morgan fingerprint density at radius 3 is 2.35 bits per heavy atom. The smallest absolute Gasteiger partial charge is 0.264 e. The standard InChI is InChI=1S/C35H35N5O5S/c1-44-28-15-11-12-25(22-28)34-29(24-40(37-34)27-13-5-3-6-14-27)35(41)36-26-18-19-31(39-20-9-4-10-21-39)33(23-26)46(42,43)38-30-16-7-8-17-32(30)45-2/h3,5-8,11-19,22-24,38H,4,9-10,20-21H2,1-2H3,(H,36,41). The lowest BCUT2D eigenvalue weighted by atomic mass is 10.1. The third-order valence-corrected chi connectivity index (χ3v) is 9.27. The Labute approximate surface area is 268 Å². The number of methoxy groups -OCH3 is 2. The van der Waals surface area contributed by atoms with Crippen LogP contribution in [0.4, 0.5) is 17.1 Å². The molecule has 1 amide bonds. The molecule has 5 aromatic rings. The molecule has 0 radical (unpaired) electrons. The second-order valence-electron chi connectivity index (χ2n) is 10.9. The second kappa shape index (κ2) is 13.4. The Hall–Kier alpha value is -5.29. The molecule has 0 atom stereocenters. The zero-order valence-electron chi connectivity index (χ0n) is 25.6. The van der Waals surface area contributed by atoms with E-state index in [1.165, 1.54) is 13.2 Å². The molecular weight excluding hydrogens is 602 g/mol. The van der Waals surface area contributed by atoms with Crippen LogP contribution in [0.5, 0.6) is 11.5 Å². The van der Waals surface area contributed by atoms with E-state index < -0.39 is 15.9 Å². The molecule has 6 rings (SSSR count). The predicted molar refractivity (Wildman–Crippen MR) is 180 cm³/mol. The monoisotopic (exact) mass is 637 g/mol. The number of piperidine rings is 1. The van der Waals surface area contributed by atoms with Gasteiger partial charge in [-0.25, -0.2) is 13.1 Å². The summed E-state index contributed by atoms with van der Waals surface area (Å²) in [4.78, 5) is 16.1. The highest BCUT2D eigenvalue weighted by Gasteiger charge is 2.26. The van der Waals surface area contributed by atoms with Crippen LogP contribution in [0, 0.1) is 0 Å². The van der Waals surface area contributed by atoms with Gasteiger partial charge >= 0.3 is 0 Å². The highest BCUT2D eigenvalue weighted by molar-refractivity contribution is 7.93. The first-order chi connectivity index (χ1) is 22.4. The number of ether oxygens (including phenoxy) is 2. The minimum Gasteiger partial charge on any atom is -0.497 e. The summed E-state index contributed by atoms with van der Waals surface area (Å²) in [7, 11) is -1.02. The topological polar surface area (TPSA) is 115 Å². The number of carbonyl (C=O) groups excluding carboxylic acids is 1. The van der Waals surface area contributed by atoms with E-state index in [0.29, 0.717) is 45.4 Å². The molecule has 4 aromatic carbocycles. The molecule has 1 fully saturated rings. The molecule has 0 aliphatic carbocycles. The van der Waals surface area contributed by atoms with E-state index >= 15 is 0 Å². The van der Waals surface area contributed by atoms with Gasteiger partial charge in [0.2, 0.25) is 0 Å². The number of hydrogen-bond donors (Lipinski definition) is 2. The van der Waals surface area contributed by atoms with Gasteiger partial charge in [0, 0.05) is 30.5 Å². The van der Waals surface area contributed by atoms with Crippen molar-refractivity contribution in [2.45, 2.75) is 24.2 Å². The minimum absolute atomic E-state index is 0.0612. The predicted octanol–water partition coefficient (Wildman–Crippen LogP) is 6.60. The molecule has 2 heterocycles. The van der Waals surface area contributed by atoms with Crippen LogP contribution < -0.4 is 24.4 Å². The largest absolute Gasteiger partial charge is 0.497 e. The summed E-state index contributed by atoms with van der Waals surface area (Å²) in [6.45, 7) is 1.48. The summed E-state index contributed by atoms with van der Waals surface area (Å²) in [6.07, 6.45) is 4.70. The van der Waals surface area contributed by atoms with E-state index in [-0.39, 0.29) is 4.90 Å². The average molecular weight is 638 g/mol. The molecule has 0 unspecified atom stereocenters. The quantitative estimate of drug-likeness (QED) is 0.177. The number of amides is 1. The molecule has 1 saturated heterocycles. The first-order valence-corrected chi connectivity index (χ1v) is 16.5. The molecule has 0 spiro atoms. The number of aromatic nitrogens is 2. The van der Waals surface area contributed by atoms with Gasteiger partial charge in [-0.15, -0.1) is 0 Å². The number of nitrogens with one attached hydrogen (secondary N) is 2. The zero-order valence-corrected chi connectivity index (χ0v) is 26.5. The fourth-order valence-electron chi connectivity index (χ4n) is 5.57. The van der Waals surface area contributed by atoms with Gasteiger partial charge in [0.25, 0.3) is 15.9 Å². The number of sulfonamides is 1. The fourth-order valence-corrected chi connectivity index (χ4v) is 6.89. The van der Waals surface area contributed by atoms with Crippen LogP contribution in [-0.4, -0.2) is 51.4 Å². The van der Waals surface area contributed by atoms with Crippen LogP contribution in [0.1, 0.15) is 29.6 Å². The van der Waals surface area contributed by atoms with Crippen LogP contribution >= 0.6 is 0 Å². The van der Waals surface area contributed by atoms with Gasteiger partial charge in [-0.2, -0.15) is 5.10 Å². The first-order valence-electron chi connectivity index (χ1n) is 15.0. The molecule has 11 heteroatoms. The van der Waals surface area contributed by atoms with Crippen molar-refractivity contribution in [2.24, 2.45) is 0 Å². The van der Waals surface area contributed by atoms with Gasteiger partial charge in [-0.1, -0.05) is 42.5 Å². The summed E-state index contributed by atoms with van der Waals surface area (Å²) in [5.41, 5.74) is 3.48. The van der Waals surface area contributed by atoms with Gasteiger partial charge in [0.15, 0.2) is 0 Å². The van der Waals surface area contributed by atoms with Crippen molar-refractivity contribution < 1.29 is 22.7 Å². The van der Waals surface area contributed by atoms with E-state index in [1.54, 1.807) is 54.4 Å². The molecule has 10 nitrogen and oxygen atoms in total. The van der Waals surface area contributed by atoms with Crippen LogP contribution in [0.15, 0.2) is 108 Å². The number of anilines is 3. The zero-order chi connectivity index (χ0) is 32.1. The van der Waals surface area contributed by atoms with Crippen molar-refractivity contribution in [2.75, 3.05) is 42.2 Å². The highest BCUT2D eigenvalue weighted by atomic mass is 32.2. The number of carbonyl (C=O) groups is 1. The minimum atomic E-state index is -4.09. The fraction of sp³-hybridized carbons (Fsp3) is 0.200. The van der Waals surface area contributed by atoms with E-state index in [9.17, 15) is 13.2 Å². The first kappa shape index (κ1) is 30.7. The summed E-state index contributed by atoms with van der Waals surface area (Å²) >= 11 is 0. The Morgan fingerprint density at radius 1 is 0.826 bits per heavy atom. The SMILES string of the molecule is COc1cccc(-c2nn(-c3ccccc3)cc2C(=O)Nc2ccc(N3CCCCC3)c(S(=O)(=O)Nc3ccccc3OC)c2)c1. The lowest BCUT2D eigenvalue weighted by molar-refractivity contribution is 0.102. The average Bonchev–Trinajstić information content (AvgIpc) is 3.55. The van der Waals surface area contributed by atoms with Crippen molar-refractivity contribution in [3.8, 4) is 28.4 Å². The number of hydrogen-bond acceptors (Lipinski definition) is 7. The van der Waals surface area contributed by atoms with Crippen LogP contribution in [0.2, 0.25) is 0 Å². The van der Waals surface area contributed by atoms with Crippen molar-refractivity contribution in [3.05, 3.63) is 109 Å². The molecule has 236 valence electrons. The van der Waals surface area contributed by atoms with Crippen molar-refractivity contribution in [1.29, 1.82) is 0 Å². The van der Waals surface area contributed by atoms with E-state index in [4.69, 9.17) is 14.6 Å². The normalized spacial score (nSPS) is 13.2. The van der Waals surface area contributed by atoms with Gasteiger partial charge < -0.3 is 19.7 Å². The molecule has 1 aromatic heterocycles. The van der Waals surface area contributed by atoms with E-state index in [1.807, 2.05) is 54.6 Å². The maximum absolute atomic E-state index is 14.0. The van der Waals surface area contributed by atoms with Crippen molar-refractivity contribution in [3.63, 3.8) is 0 Å². The molecular formula is C35H35N5O5S. The van der Waals surface area contributed by atoms with Gasteiger partial charge in [0.1, 0.15) is 22.1 Å². The third kappa shape index (κ3) is 6.54. The van der Waals surface area contributed by atoms with E-state index in [2.05, 4.69) is 14.9 Å². The molecule has 0 saturated carbocycles. The Kier molecular flexibility index (Phi) is 8.93. The van der Waals surface area contributed by atoms with Crippen molar-refractivity contribution in [1.82, 2.24) is 9.78 Å². The number of benzene rings is 4. The lowest BCUT2D eigenvalue weighted by Crippen LogP contribution is -2.31. The van der Waals surface area contributed by atoms with Crippen LogP contribution in [0.3, 0.4) is 0 Å². The summed E-state index contributed by atoms with van der Waals surface area (Å²) in [6, 6.07) is 28.7. The summed E-state index contributed by atoms with van der Waals surface area (Å²) < 4.78 is 43.1. The Morgan fingerprint density at radius 2 is 1.59 bits per heavy atom. The molecule has 2 N–H and O–H groups in total. The highest BCUT2D eigenvalue weighted by Crippen LogP contribution is 2.34. The number of nitrogens with zero attached hydrogens (tertiary/aromatic N) is 3. The molecule has 0 bridgehead atoms. The number of rotatable bonds is 10. The van der Waals surface area contributed by atoms with Gasteiger partial charge in [-0.3, -0.25) is 9.52 Å². The second-order valence-corrected chi connectivity index (χ2v) is 12.5. The van der Waals surface area contributed by atoms with Gasteiger partial charge in [0.05, 0.1) is 36.8 Å². The maximum Gasteiger partial charge on any atom is 0.264 e. The third-order valence-electron chi connectivity index (χ3n) is 7.88. The molecule has 46 heavy (non-hydrogen) atoms. The summed E-state index contributed by atoms with van der Waals surface area (Å²) in [5, 5.41) is 7.69.